The molecule has 0 bridgehead atoms. The quantitative estimate of drug-likeness (QED) is 0.762. The highest BCUT2D eigenvalue weighted by atomic mass is 19.1. The standard InChI is InChI=1S/C11H12FNO3/c1-15-11(14)9-6-16-10(13-9)7-2-4-8(12)5-3-7/h2-5,9-10,13H,6H2,1H3. The number of esters is 1. The molecule has 1 aliphatic heterocycles. The molecule has 4 nitrogen and oxygen atoms in total. The first-order valence-corrected chi connectivity index (χ1v) is 4.91. The van der Waals surface area contributed by atoms with Gasteiger partial charge in [-0.1, -0.05) is 12.1 Å². The van der Waals surface area contributed by atoms with Crippen molar-refractivity contribution in [2.45, 2.75) is 12.3 Å². The summed E-state index contributed by atoms with van der Waals surface area (Å²) in [7, 11) is 1.33. The summed E-state index contributed by atoms with van der Waals surface area (Å²) >= 11 is 0. The van der Waals surface area contributed by atoms with Gasteiger partial charge in [0, 0.05) is 0 Å². The highest BCUT2D eigenvalue weighted by molar-refractivity contribution is 5.76. The van der Waals surface area contributed by atoms with Gasteiger partial charge < -0.3 is 9.47 Å². The molecule has 2 rings (SSSR count). The number of ether oxygens (including phenoxy) is 2. The van der Waals surface area contributed by atoms with Gasteiger partial charge in [0.15, 0.2) is 0 Å². The Balaban J connectivity index is 2.03. The molecular weight excluding hydrogens is 213 g/mol. The second kappa shape index (κ2) is 4.59. The van der Waals surface area contributed by atoms with Crippen LogP contribution in [0.2, 0.25) is 0 Å². The van der Waals surface area contributed by atoms with Crippen LogP contribution in [0.3, 0.4) is 0 Å². The molecule has 0 spiro atoms. The van der Waals surface area contributed by atoms with E-state index in [1.807, 2.05) is 0 Å². The fraction of sp³-hybridized carbons (Fsp3) is 0.364. The summed E-state index contributed by atoms with van der Waals surface area (Å²) in [6.45, 7) is 0.259. The fourth-order valence-electron chi connectivity index (χ4n) is 1.58. The lowest BCUT2D eigenvalue weighted by Gasteiger charge is -2.11. The maximum absolute atomic E-state index is 12.7. The molecule has 5 heteroatoms. The van der Waals surface area contributed by atoms with Crippen LogP contribution in [0.15, 0.2) is 24.3 Å². The Morgan fingerprint density at radius 2 is 2.19 bits per heavy atom. The van der Waals surface area contributed by atoms with Crippen molar-refractivity contribution in [2.75, 3.05) is 13.7 Å². The first-order valence-electron chi connectivity index (χ1n) is 4.91. The van der Waals surface area contributed by atoms with Crippen LogP contribution in [0, 0.1) is 5.82 Å². The van der Waals surface area contributed by atoms with Crippen LogP contribution in [0.5, 0.6) is 0 Å². The molecule has 0 aromatic heterocycles. The van der Waals surface area contributed by atoms with E-state index in [2.05, 4.69) is 10.1 Å². The Bertz CT molecular complexity index is 379. The van der Waals surface area contributed by atoms with Gasteiger partial charge in [0.2, 0.25) is 0 Å². The Morgan fingerprint density at radius 1 is 1.50 bits per heavy atom. The zero-order valence-electron chi connectivity index (χ0n) is 8.77. The van der Waals surface area contributed by atoms with Crippen molar-refractivity contribution < 1.29 is 18.7 Å². The lowest BCUT2D eigenvalue weighted by molar-refractivity contribution is -0.142. The molecule has 0 amide bonds. The zero-order chi connectivity index (χ0) is 11.5. The molecule has 1 saturated heterocycles. The molecule has 2 unspecified atom stereocenters. The number of rotatable bonds is 2. The minimum absolute atomic E-state index is 0.259. The summed E-state index contributed by atoms with van der Waals surface area (Å²) in [5.74, 6) is -0.657. The summed E-state index contributed by atoms with van der Waals surface area (Å²) in [5, 5.41) is 2.96. The van der Waals surface area contributed by atoms with Gasteiger partial charge in [0.25, 0.3) is 0 Å². The van der Waals surface area contributed by atoms with Crippen molar-refractivity contribution in [2.24, 2.45) is 0 Å². The lowest BCUT2D eigenvalue weighted by atomic mass is 10.2. The molecule has 1 aliphatic rings. The average molecular weight is 225 g/mol. The molecule has 1 aromatic carbocycles. The second-order valence-electron chi connectivity index (χ2n) is 3.51. The van der Waals surface area contributed by atoms with Gasteiger partial charge in [-0.25, -0.2) is 4.39 Å². The van der Waals surface area contributed by atoms with E-state index in [4.69, 9.17) is 4.74 Å². The Labute approximate surface area is 92.4 Å². The summed E-state index contributed by atoms with van der Waals surface area (Å²) < 4.78 is 22.7. The number of hydrogen-bond donors (Lipinski definition) is 1. The normalized spacial score (nSPS) is 24.4. The van der Waals surface area contributed by atoms with E-state index in [9.17, 15) is 9.18 Å². The number of methoxy groups -OCH3 is 1. The van der Waals surface area contributed by atoms with Gasteiger partial charge in [-0.05, 0) is 17.7 Å². The largest absolute Gasteiger partial charge is 0.468 e. The molecule has 1 N–H and O–H groups in total. The first kappa shape index (κ1) is 11.0. The van der Waals surface area contributed by atoms with E-state index in [1.54, 1.807) is 12.1 Å². The Hall–Kier alpha value is -1.46. The molecule has 1 heterocycles. The minimum Gasteiger partial charge on any atom is -0.468 e. The van der Waals surface area contributed by atoms with E-state index >= 15 is 0 Å². The molecule has 86 valence electrons. The predicted molar refractivity (Wildman–Crippen MR) is 54.0 cm³/mol. The highest BCUT2D eigenvalue weighted by Crippen LogP contribution is 2.21. The van der Waals surface area contributed by atoms with Gasteiger partial charge in [-0.3, -0.25) is 10.1 Å². The third kappa shape index (κ3) is 2.20. The second-order valence-corrected chi connectivity index (χ2v) is 3.51. The molecule has 0 radical (unpaired) electrons. The molecule has 2 atom stereocenters. The smallest absolute Gasteiger partial charge is 0.325 e. The van der Waals surface area contributed by atoms with Crippen molar-refractivity contribution in [3.8, 4) is 0 Å². The van der Waals surface area contributed by atoms with Gasteiger partial charge in [0.1, 0.15) is 18.1 Å². The molecule has 1 aromatic rings. The van der Waals surface area contributed by atoms with Crippen molar-refractivity contribution in [1.82, 2.24) is 5.32 Å². The highest BCUT2D eigenvalue weighted by Gasteiger charge is 2.31. The number of nitrogens with one attached hydrogen (secondary N) is 1. The van der Waals surface area contributed by atoms with Crippen LogP contribution in [0.4, 0.5) is 4.39 Å². The van der Waals surface area contributed by atoms with E-state index in [1.165, 1.54) is 19.2 Å². The van der Waals surface area contributed by atoms with Gasteiger partial charge in [0.05, 0.1) is 13.7 Å². The first-order chi connectivity index (χ1) is 7.70. The summed E-state index contributed by atoms with van der Waals surface area (Å²) in [5.41, 5.74) is 0.785. The monoisotopic (exact) mass is 225 g/mol. The molecule has 1 fully saturated rings. The lowest BCUT2D eigenvalue weighted by Crippen LogP contribution is -2.34. The van der Waals surface area contributed by atoms with Crippen LogP contribution in [0.1, 0.15) is 11.8 Å². The minimum atomic E-state index is -0.458. The van der Waals surface area contributed by atoms with Crippen LogP contribution in [-0.4, -0.2) is 25.7 Å². The van der Waals surface area contributed by atoms with Crippen molar-refractivity contribution in [1.29, 1.82) is 0 Å². The zero-order valence-corrected chi connectivity index (χ0v) is 8.77. The van der Waals surface area contributed by atoms with Gasteiger partial charge in [-0.2, -0.15) is 0 Å². The third-order valence-electron chi connectivity index (χ3n) is 2.44. The number of hydrogen-bond acceptors (Lipinski definition) is 4. The van der Waals surface area contributed by atoms with E-state index in [-0.39, 0.29) is 24.6 Å². The fourth-order valence-corrected chi connectivity index (χ4v) is 1.58. The summed E-state index contributed by atoms with van der Waals surface area (Å²) in [6.07, 6.45) is -0.385. The average Bonchev–Trinajstić information content (AvgIpc) is 2.78. The summed E-state index contributed by atoms with van der Waals surface area (Å²) in [6, 6.07) is 5.48. The van der Waals surface area contributed by atoms with Crippen LogP contribution >= 0.6 is 0 Å². The van der Waals surface area contributed by atoms with E-state index in [0.29, 0.717) is 0 Å². The number of halogens is 1. The number of carbonyl (C=O) groups is 1. The van der Waals surface area contributed by atoms with E-state index < -0.39 is 6.04 Å². The molecule has 0 saturated carbocycles. The number of benzene rings is 1. The molecular formula is C11H12FNO3. The Kier molecular flexibility index (Phi) is 3.17. The maximum atomic E-state index is 12.7. The topological polar surface area (TPSA) is 47.6 Å². The van der Waals surface area contributed by atoms with Crippen molar-refractivity contribution in [3.63, 3.8) is 0 Å². The van der Waals surface area contributed by atoms with Gasteiger partial charge in [-0.15, -0.1) is 0 Å². The third-order valence-corrected chi connectivity index (χ3v) is 2.44. The molecule has 16 heavy (non-hydrogen) atoms. The Morgan fingerprint density at radius 3 is 2.81 bits per heavy atom. The van der Waals surface area contributed by atoms with Crippen LogP contribution < -0.4 is 5.32 Å². The van der Waals surface area contributed by atoms with Gasteiger partial charge >= 0.3 is 5.97 Å². The van der Waals surface area contributed by atoms with E-state index in [0.717, 1.165) is 5.56 Å². The van der Waals surface area contributed by atoms with Crippen molar-refractivity contribution >= 4 is 5.97 Å². The SMILES string of the molecule is COC(=O)C1COC(c2ccc(F)cc2)N1. The predicted octanol–water partition coefficient (Wildman–Crippen LogP) is 0.986. The summed E-state index contributed by atoms with van der Waals surface area (Å²) in [4.78, 5) is 11.2. The maximum Gasteiger partial charge on any atom is 0.325 e. The van der Waals surface area contributed by atoms with Crippen LogP contribution in [-0.2, 0) is 14.3 Å². The van der Waals surface area contributed by atoms with Crippen molar-refractivity contribution in [3.05, 3.63) is 35.6 Å². The molecule has 0 aliphatic carbocycles. The number of carbonyl (C=O) groups excluding carboxylic acids is 1. The van der Waals surface area contributed by atoms with Crippen LogP contribution in [0.25, 0.3) is 0 Å².